The summed E-state index contributed by atoms with van der Waals surface area (Å²) < 4.78 is 0. The average Bonchev–Trinajstić information content (AvgIpc) is 2.26. The van der Waals surface area contributed by atoms with E-state index in [1.165, 1.54) is 12.8 Å². The van der Waals surface area contributed by atoms with Crippen LogP contribution in [0.15, 0.2) is 0 Å². The van der Waals surface area contributed by atoms with Crippen molar-refractivity contribution < 1.29 is 9.90 Å². The number of hydrogen-bond donors (Lipinski definition) is 2. The highest BCUT2D eigenvalue weighted by Gasteiger charge is 2.43. The van der Waals surface area contributed by atoms with Gasteiger partial charge in [-0.05, 0) is 12.5 Å². The summed E-state index contributed by atoms with van der Waals surface area (Å²) in [6.45, 7) is 10.1. The average molecular weight is 242 g/mol. The third-order valence-corrected chi connectivity index (χ3v) is 4.07. The lowest BCUT2D eigenvalue weighted by atomic mass is 9.85. The van der Waals surface area contributed by atoms with Gasteiger partial charge in [0.15, 0.2) is 0 Å². The minimum absolute atomic E-state index is 0.136. The van der Waals surface area contributed by atoms with Crippen molar-refractivity contribution in [2.75, 3.05) is 26.2 Å². The summed E-state index contributed by atoms with van der Waals surface area (Å²) in [5.41, 5.74) is -0.136. The fraction of sp³-hybridized carbons (Fsp3) is 0.923. The Morgan fingerprint density at radius 3 is 2.24 bits per heavy atom. The summed E-state index contributed by atoms with van der Waals surface area (Å²) in [4.78, 5) is 13.4. The Hall–Kier alpha value is -0.610. The predicted octanol–water partition coefficient (Wildman–Crippen LogP) is 1.56. The second-order valence-corrected chi connectivity index (χ2v) is 5.12. The predicted molar refractivity (Wildman–Crippen MR) is 69.2 cm³/mol. The monoisotopic (exact) mass is 242 g/mol. The number of rotatable bonds is 8. The van der Waals surface area contributed by atoms with Gasteiger partial charge in [0.25, 0.3) is 0 Å². The summed E-state index contributed by atoms with van der Waals surface area (Å²) in [6.07, 6.45) is 2.60. The van der Waals surface area contributed by atoms with Crippen molar-refractivity contribution in [1.29, 1.82) is 0 Å². The van der Waals surface area contributed by atoms with Crippen LogP contribution in [-0.4, -0.2) is 47.7 Å². The zero-order chi connectivity index (χ0) is 12.9. The summed E-state index contributed by atoms with van der Waals surface area (Å²) in [5, 5.41) is 12.3. The van der Waals surface area contributed by atoms with Crippen LogP contribution >= 0.6 is 0 Å². The number of carbonyl (C=O) groups is 1. The molecule has 2 N–H and O–H groups in total. The van der Waals surface area contributed by atoms with Crippen LogP contribution in [0.3, 0.4) is 0 Å². The Morgan fingerprint density at radius 2 is 1.94 bits per heavy atom. The number of nitrogens with zero attached hydrogens (tertiary/aromatic N) is 1. The van der Waals surface area contributed by atoms with E-state index in [4.69, 9.17) is 5.11 Å². The molecule has 1 heterocycles. The molecule has 100 valence electrons. The minimum atomic E-state index is -0.686. The van der Waals surface area contributed by atoms with Crippen molar-refractivity contribution >= 4 is 5.97 Å². The van der Waals surface area contributed by atoms with Crippen LogP contribution in [0.25, 0.3) is 0 Å². The fourth-order valence-electron chi connectivity index (χ4n) is 2.67. The van der Waals surface area contributed by atoms with Gasteiger partial charge in [0, 0.05) is 19.6 Å². The van der Waals surface area contributed by atoms with Crippen LogP contribution < -0.4 is 5.32 Å². The molecule has 1 aliphatic heterocycles. The van der Waals surface area contributed by atoms with Crippen molar-refractivity contribution in [2.45, 2.75) is 45.6 Å². The third-order valence-electron chi connectivity index (χ3n) is 4.07. The van der Waals surface area contributed by atoms with E-state index >= 15 is 0 Å². The molecular formula is C13H26N2O2. The summed E-state index contributed by atoms with van der Waals surface area (Å²) in [5.74, 6) is -0.00397. The molecule has 1 fully saturated rings. The highest BCUT2D eigenvalue weighted by Crippen LogP contribution is 2.26. The van der Waals surface area contributed by atoms with Crippen molar-refractivity contribution in [3.05, 3.63) is 0 Å². The molecule has 0 saturated carbocycles. The van der Waals surface area contributed by atoms with E-state index < -0.39 is 5.97 Å². The molecule has 1 aliphatic rings. The van der Waals surface area contributed by atoms with Crippen molar-refractivity contribution in [3.63, 3.8) is 0 Å². The number of nitrogens with one attached hydrogen (secondary N) is 1. The number of likely N-dealkylation sites (N-methyl/N-ethyl adjacent to an activating group) is 1. The van der Waals surface area contributed by atoms with Gasteiger partial charge in [0.1, 0.15) is 0 Å². The van der Waals surface area contributed by atoms with Crippen LogP contribution in [0, 0.1) is 5.92 Å². The summed E-state index contributed by atoms with van der Waals surface area (Å²) in [7, 11) is 0. The van der Waals surface area contributed by atoms with Crippen LogP contribution in [0.2, 0.25) is 0 Å². The summed E-state index contributed by atoms with van der Waals surface area (Å²) in [6, 6.07) is 0. The smallest absolute Gasteiger partial charge is 0.305 e. The van der Waals surface area contributed by atoms with Gasteiger partial charge in [0.05, 0.1) is 12.0 Å². The Bertz CT molecular complexity index is 248. The molecule has 0 aromatic heterocycles. The van der Waals surface area contributed by atoms with E-state index in [1.54, 1.807) is 0 Å². The maximum atomic E-state index is 11.0. The molecule has 0 radical (unpaired) electrons. The van der Waals surface area contributed by atoms with E-state index in [-0.39, 0.29) is 12.0 Å². The van der Waals surface area contributed by atoms with Gasteiger partial charge in [0.2, 0.25) is 0 Å². The molecule has 0 aliphatic carbocycles. The van der Waals surface area contributed by atoms with Crippen LogP contribution in [-0.2, 0) is 4.79 Å². The molecule has 1 rings (SSSR count). The quantitative estimate of drug-likeness (QED) is 0.678. The first-order valence-electron chi connectivity index (χ1n) is 6.75. The Kier molecular flexibility index (Phi) is 5.40. The first kappa shape index (κ1) is 14.5. The standard InChI is InChI=1S/C13H26N2O2/c1-4-11(5-2)8-15(6-3)13(7-12(16)17)9-14-10-13/h11,14H,4-10H2,1-3H3,(H,16,17). The van der Waals surface area contributed by atoms with E-state index in [0.29, 0.717) is 5.92 Å². The van der Waals surface area contributed by atoms with E-state index in [9.17, 15) is 4.79 Å². The minimum Gasteiger partial charge on any atom is -0.481 e. The van der Waals surface area contributed by atoms with E-state index in [0.717, 1.165) is 26.2 Å². The number of carboxylic acids is 1. The molecule has 0 aromatic carbocycles. The Balaban J connectivity index is 2.66. The SMILES string of the molecule is CCC(CC)CN(CC)C1(CC(=O)O)CNC1. The van der Waals surface area contributed by atoms with Crippen LogP contribution in [0.5, 0.6) is 0 Å². The normalized spacial score (nSPS) is 18.4. The lowest BCUT2D eigenvalue weighted by Gasteiger charge is -2.50. The molecule has 0 bridgehead atoms. The van der Waals surface area contributed by atoms with Crippen LogP contribution in [0.1, 0.15) is 40.0 Å². The van der Waals surface area contributed by atoms with Crippen molar-refractivity contribution in [2.24, 2.45) is 5.92 Å². The largest absolute Gasteiger partial charge is 0.481 e. The topological polar surface area (TPSA) is 52.6 Å². The lowest BCUT2D eigenvalue weighted by Crippen LogP contribution is -2.70. The van der Waals surface area contributed by atoms with Gasteiger partial charge in [-0.15, -0.1) is 0 Å². The molecule has 4 nitrogen and oxygen atoms in total. The molecule has 0 spiro atoms. The molecule has 17 heavy (non-hydrogen) atoms. The second kappa shape index (κ2) is 6.36. The lowest BCUT2D eigenvalue weighted by molar-refractivity contribution is -0.142. The number of aliphatic carboxylic acids is 1. The summed E-state index contributed by atoms with van der Waals surface area (Å²) >= 11 is 0. The van der Waals surface area contributed by atoms with Crippen molar-refractivity contribution in [3.8, 4) is 0 Å². The molecule has 1 saturated heterocycles. The van der Waals surface area contributed by atoms with E-state index in [1.807, 2.05) is 0 Å². The van der Waals surface area contributed by atoms with Gasteiger partial charge >= 0.3 is 5.97 Å². The zero-order valence-corrected chi connectivity index (χ0v) is 11.3. The van der Waals surface area contributed by atoms with Gasteiger partial charge < -0.3 is 10.4 Å². The van der Waals surface area contributed by atoms with Gasteiger partial charge in [-0.1, -0.05) is 33.6 Å². The third kappa shape index (κ3) is 3.42. The first-order valence-corrected chi connectivity index (χ1v) is 6.75. The highest BCUT2D eigenvalue weighted by atomic mass is 16.4. The van der Waals surface area contributed by atoms with Gasteiger partial charge in [-0.2, -0.15) is 0 Å². The van der Waals surface area contributed by atoms with Gasteiger partial charge in [-0.25, -0.2) is 0 Å². The van der Waals surface area contributed by atoms with Gasteiger partial charge in [-0.3, -0.25) is 9.69 Å². The van der Waals surface area contributed by atoms with Crippen LogP contribution in [0.4, 0.5) is 0 Å². The second-order valence-electron chi connectivity index (χ2n) is 5.12. The Labute approximate surface area is 104 Å². The molecule has 4 heteroatoms. The molecule has 0 aromatic rings. The maximum Gasteiger partial charge on any atom is 0.305 e. The number of carboxylic acid groups (broad SMARTS) is 1. The Morgan fingerprint density at radius 1 is 1.35 bits per heavy atom. The molecular weight excluding hydrogens is 216 g/mol. The zero-order valence-electron chi connectivity index (χ0n) is 11.3. The first-order chi connectivity index (χ1) is 8.07. The number of hydrogen-bond acceptors (Lipinski definition) is 3. The molecule has 0 unspecified atom stereocenters. The maximum absolute atomic E-state index is 11.0. The molecule has 0 amide bonds. The molecule has 0 atom stereocenters. The van der Waals surface area contributed by atoms with Crippen molar-refractivity contribution in [1.82, 2.24) is 10.2 Å². The van der Waals surface area contributed by atoms with E-state index in [2.05, 4.69) is 31.0 Å². The fourth-order valence-corrected chi connectivity index (χ4v) is 2.67. The highest BCUT2D eigenvalue weighted by molar-refractivity contribution is 5.68.